The molecule has 2 aromatic rings. The van der Waals surface area contributed by atoms with Crippen LogP contribution in [0, 0.1) is 33.6 Å². The van der Waals surface area contributed by atoms with Crippen LogP contribution < -0.4 is 10.6 Å². The van der Waals surface area contributed by atoms with Gasteiger partial charge in [0, 0.05) is 5.69 Å². The van der Waals surface area contributed by atoms with Crippen LogP contribution in [0.25, 0.3) is 0 Å². The highest BCUT2D eigenvalue weighted by molar-refractivity contribution is 7.80. The lowest BCUT2D eigenvalue weighted by atomic mass is 9.92. The van der Waals surface area contributed by atoms with Crippen molar-refractivity contribution >= 4 is 23.0 Å². The molecule has 0 fully saturated rings. The van der Waals surface area contributed by atoms with Crippen molar-refractivity contribution in [3.05, 3.63) is 64.2 Å². The molecule has 0 spiro atoms. The van der Waals surface area contributed by atoms with Gasteiger partial charge in [-0.1, -0.05) is 43.7 Å². The smallest absolute Gasteiger partial charge is 0.171 e. The molecule has 0 radical (unpaired) electrons. The molecule has 0 heterocycles. The molecule has 0 bridgehead atoms. The van der Waals surface area contributed by atoms with E-state index in [-0.39, 0.29) is 6.04 Å². The van der Waals surface area contributed by atoms with Gasteiger partial charge in [0.1, 0.15) is 0 Å². The van der Waals surface area contributed by atoms with Gasteiger partial charge in [-0.05, 0) is 80.2 Å². The van der Waals surface area contributed by atoms with Crippen LogP contribution in [0.15, 0.2) is 36.4 Å². The number of hydrogen-bond acceptors (Lipinski definition) is 1. The summed E-state index contributed by atoms with van der Waals surface area (Å²) in [5.41, 5.74) is 7.39. The van der Waals surface area contributed by atoms with Crippen molar-refractivity contribution in [1.82, 2.24) is 5.32 Å². The first kappa shape index (κ1) is 18.5. The summed E-state index contributed by atoms with van der Waals surface area (Å²) in [6, 6.07) is 13.2. The summed E-state index contributed by atoms with van der Waals surface area (Å²) in [6.07, 6.45) is 0. The fourth-order valence-electron chi connectivity index (χ4n) is 3.13. The van der Waals surface area contributed by atoms with E-state index in [4.69, 9.17) is 12.2 Å². The molecule has 0 aromatic heterocycles. The number of thiocarbonyl (C=S) groups is 1. The van der Waals surface area contributed by atoms with Crippen molar-refractivity contribution in [2.24, 2.45) is 5.92 Å². The third-order valence-electron chi connectivity index (χ3n) is 4.19. The van der Waals surface area contributed by atoms with Crippen LogP contribution in [-0.2, 0) is 0 Å². The summed E-state index contributed by atoms with van der Waals surface area (Å²) in [5.74, 6) is 0.436. The normalized spacial score (nSPS) is 12.1. The zero-order valence-electron chi connectivity index (χ0n) is 15.5. The van der Waals surface area contributed by atoms with Crippen molar-refractivity contribution in [2.45, 2.75) is 47.6 Å². The quantitative estimate of drug-likeness (QED) is 0.708. The standard InChI is InChI=1S/C21H28N2S/c1-13(2)20(19-8-7-14(3)10-17(19)6)23-21(24)22-18-11-15(4)9-16(5)12-18/h7-13,20H,1-6H3,(H2,22,23,24)/t20-/m1/s1. The molecule has 0 aliphatic rings. The Bertz CT molecular complexity index is 714. The van der Waals surface area contributed by atoms with E-state index in [1.165, 1.54) is 27.8 Å². The van der Waals surface area contributed by atoms with Crippen LogP contribution in [0.2, 0.25) is 0 Å². The van der Waals surface area contributed by atoms with Gasteiger partial charge in [-0.25, -0.2) is 0 Å². The highest BCUT2D eigenvalue weighted by Gasteiger charge is 2.18. The van der Waals surface area contributed by atoms with E-state index < -0.39 is 0 Å². The van der Waals surface area contributed by atoms with E-state index in [9.17, 15) is 0 Å². The number of rotatable bonds is 4. The molecule has 2 aromatic carbocycles. The maximum atomic E-state index is 5.56. The Morgan fingerprint density at radius 3 is 2.04 bits per heavy atom. The first-order chi connectivity index (χ1) is 11.3. The SMILES string of the molecule is Cc1cc(C)cc(NC(=S)N[C@@H](c2ccc(C)cc2C)C(C)C)c1. The van der Waals surface area contributed by atoms with Gasteiger partial charge in [0.25, 0.3) is 0 Å². The minimum atomic E-state index is 0.191. The average Bonchev–Trinajstić information content (AvgIpc) is 2.44. The summed E-state index contributed by atoms with van der Waals surface area (Å²) in [6.45, 7) is 12.9. The van der Waals surface area contributed by atoms with E-state index in [0.29, 0.717) is 11.0 Å². The van der Waals surface area contributed by atoms with E-state index >= 15 is 0 Å². The van der Waals surface area contributed by atoms with E-state index in [1.54, 1.807) is 0 Å². The minimum absolute atomic E-state index is 0.191. The number of hydrogen-bond donors (Lipinski definition) is 2. The summed E-state index contributed by atoms with van der Waals surface area (Å²) in [5, 5.41) is 7.50. The Morgan fingerprint density at radius 1 is 0.875 bits per heavy atom. The van der Waals surface area contributed by atoms with E-state index in [0.717, 1.165) is 5.69 Å². The third kappa shape index (κ3) is 4.81. The van der Waals surface area contributed by atoms with Crippen LogP contribution in [0.1, 0.15) is 47.7 Å². The monoisotopic (exact) mass is 340 g/mol. The summed E-state index contributed by atoms with van der Waals surface area (Å²) in [4.78, 5) is 0. The molecule has 128 valence electrons. The van der Waals surface area contributed by atoms with Crippen molar-refractivity contribution < 1.29 is 0 Å². The Kier molecular flexibility index (Phi) is 6.00. The van der Waals surface area contributed by atoms with Crippen molar-refractivity contribution in [3.63, 3.8) is 0 Å². The molecule has 0 amide bonds. The van der Waals surface area contributed by atoms with Crippen LogP contribution in [-0.4, -0.2) is 5.11 Å². The second-order valence-corrected chi connectivity index (χ2v) is 7.46. The largest absolute Gasteiger partial charge is 0.355 e. The van der Waals surface area contributed by atoms with Gasteiger partial charge in [-0.3, -0.25) is 0 Å². The molecule has 0 unspecified atom stereocenters. The molecule has 0 aliphatic heterocycles. The molecule has 0 saturated heterocycles. The number of nitrogens with one attached hydrogen (secondary N) is 2. The maximum Gasteiger partial charge on any atom is 0.171 e. The molecule has 2 rings (SSSR count). The molecular formula is C21H28N2S. The molecular weight excluding hydrogens is 312 g/mol. The van der Waals surface area contributed by atoms with E-state index in [2.05, 4.69) is 88.6 Å². The zero-order chi connectivity index (χ0) is 17.9. The first-order valence-corrected chi connectivity index (χ1v) is 8.90. The van der Waals surface area contributed by atoms with Crippen molar-refractivity contribution in [1.29, 1.82) is 0 Å². The van der Waals surface area contributed by atoms with Gasteiger partial charge in [0.05, 0.1) is 6.04 Å². The Hall–Kier alpha value is -1.87. The average molecular weight is 341 g/mol. The van der Waals surface area contributed by atoms with Crippen LogP contribution >= 0.6 is 12.2 Å². The summed E-state index contributed by atoms with van der Waals surface area (Å²) < 4.78 is 0. The molecule has 1 atom stereocenters. The first-order valence-electron chi connectivity index (χ1n) is 8.49. The lowest BCUT2D eigenvalue weighted by molar-refractivity contribution is 0.471. The Labute approximate surface area is 151 Å². The topological polar surface area (TPSA) is 24.1 Å². The fraction of sp³-hybridized carbons (Fsp3) is 0.381. The van der Waals surface area contributed by atoms with Crippen molar-refractivity contribution in [3.8, 4) is 0 Å². The van der Waals surface area contributed by atoms with Crippen LogP contribution in [0.5, 0.6) is 0 Å². The third-order valence-corrected chi connectivity index (χ3v) is 4.41. The van der Waals surface area contributed by atoms with Crippen LogP contribution in [0.3, 0.4) is 0 Å². The van der Waals surface area contributed by atoms with Gasteiger partial charge < -0.3 is 10.6 Å². The predicted molar refractivity (Wildman–Crippen MR) is 109 cm³/mol. The Morgan fingerprint density at radius 2 is 1.50 bits per heavy atom. The Balaban J connectivity index is 2.16. The van der Waals surface area contributed by atoms with Gasteiger partial charge >= 0.3 is 0 Å². The van der Waals surface area contributed by atoms with Crippen LogP contribution in [0.4, 0.5) is 5.69 Å². The fourth-order valence-corrected chi connectivity index (χ4v) is 3.38. The molecule has 2 nitrogen and oxygen atoms in total. The summed E-state index contributed by atoms with van der Waals surface area (Å²) >= 11 is 5.56. The summed E-state index contributed by atoms with van der Waals surface area (Å²) in [7, 11) is 0. The molecule has 3 heteroatoms. The molecule has 0 saturated carbocycles. The van der Waals surface area contributed by atoms with Gasteiger partial charge in [-0.15, -0.1) is 0 Å². The van der Waals surface area contributed by atoms with Gasteiger partial charge in [0.15, 0.2) is 5.11 Å². The molecule has 0 aliphatic carbocycles. The highest BCUT2D eigenvalue weighted by Crippen LogP contribution is 2.26. The molecule has 2 N–H and O–H groups in total. The second-order valence-electron chi connectivity index (χ2n) is 7.06. The van der Waals surface area contributed by atoms with E-state index in [1.807, 2.05) is 0 Å². The number of benzene rings is 2. The van der Waals surface area contributed by atoms with Gasteiger partial charge in [0.2, 0.25) is 0 Å². The highest BCUT2D eigenvalue weighted by atomic mass is 32.1. The lowest BCUT2D eigenvalue weighted by Gasteiger charge is -2.26. The maximum absolute atomic E-state index is 5.56. The van der Waals surface area contributed by atoms with Gasteiger partial charge in [-0.2, -0.15) is 0 Å². The number of anilines is 1. The molecule has 24 heavy (non-hydrogen) atoms. The predicted octanol–water partition coefficient (Wildman–Crippen LogP) is 5.60. The minimum Gasteiger partial charge on any atom is -0.355 e. The van der Waals surface area contributed by atoms with Crippen molar-refractivity contribution in [2.75, 3.05) is 5.32 Å². The number of aryl methyl sites for hydroxylation is 4. The lowest BCUT2D eigenvalue weighted by Crippen LogP contribution is -2.35. The second kappa shape index (κ2) is 7.80. The zero-order valence-corrected chi connectivity index (χ0v) is 16.3.